The molecular weight excluding hydrogens is 480 g/mol. The van der Waals surface area contributed by atoms with Crippen LogP contribution in [0.15, 0.2) is 69.8 Å². The average molecular weight is 499 g/mol. The summed E-state index contributed by atoms with van der Waals surface area (Å²) in [6.07, 6.45) is 2.63. The molecule has 1 N–H and O–H groups in total. The van der Waals surface area contributed by atoms with E-state index in [9.17, 15) is 18.0 Å². The van der Waals surface area contributed by atoms with Crippen LogP contribution in [0.4, 0.5) is 5.69 Å². The second-order valence-corrected chi connectivity index (χ2v) is 11.9. The number of carbonyl (C=O) groups is 1. The Morgan fingerprint density at radius 2 is 1.88 bits per heavy atom. The number of rotatable bonds is 6. The Kier molecular flexibility index (Phi) is 5.60. The molecule has 2 aromatic carbocycles. The van der Waals surface area contributed by atoms with E-state index in [1.165, 1.54) is 12.1 Å². The number of thiophene rings is 1. The van der Waals surface area contributed by atoms with Crippen molar-refractivity contribution in [1.82, 2.24) is 4.57 Å². The molecule has 9 heteroatoms. The van der Waals surface area contributed by atoms with Gasteiger partial charge >= 0.3 is 0 Å². The normalized spacial score (nSPS) is 13.1. The number of benzene rings is 2. The molecule has 0 aliphatic carbocycles. The number of pyridine rings is 1. The van der Waals surface area contributed by atoms with Crippen molar-refractivity contribution >= 4 is 55.0 Å². The molecule has 0 atom stereocenters. The van der Waals surface area contributed by atoms with Gasteiger partial charge in [-0.15, -0.1) is 11.3 Å². The third kappa shape index (κ3) is 4.34. The summed E-state index contributed by atoms with van der Waals surface area (Å²) in [5.41, 5.74) is 3.48. The number of nitrogens with zero attached hydrogens (tertiary/aromatic N) is 1. The van der Waals surface area contributed by atoms with Crippen molar-refractivity contribution in [2.75, 3.05) is 17.6 Å². The number of halogens is 1. The molecule has 0 amide bonds. The monoisotopic (exact) mass is 498 g/mol. The van der Waals surface area contributed by atoms with E-state index in [0.29, 0.717) is 21.0 Å². The van der Waals surface area contributed by atoms with Gasteiger partial charge in [0.15, 0.2) is 15.6 Å². The van der Waals surface area contributed by atoms with Gasteiger partial charge in [0.2, 0.25) is 0 Å². The van der Waals surface area contributed by atoms with Crippen LogP contribution in [0.3, 0.4) is 0 Å². The van der Waals surface area contributed by atoms with Crippen LogP contribution in [0, 0.1) is 0 Å². The van der Waals surface area contributed by atoms with E-state index in [1.807, 2.05) is 18.2 Å². The first-order chi connectivity index (χ1) is 15.8. The quantitative estimate of drug-likeness (QED) is 0.429. The minimum Gasteiger partial charge on any atom is -0.384 e. The Morgan fingerprint density at radius 3 is 2.61 bits per heavy atom. The van der Waals surface area contributed by atoms with Crippen molar-refractivity contribution in [2.24, 2.45) is 0 Å². The van der Waals surface area contributed by atoms with Gasteiger partial charge in [-0.3, -0.25) is 14.2 Å². The van der Waals surface area contributed by atoms with E-state index in [2.05, 4.69) is 5.32 Å². The van der Waals surface area contributed by atoms with Crippen molar-refractivity contribution in [3.8, 4) is 5.69 Å². The Morgan fingerprint density at radius 1 is 1.09 bits per heavy atom. The predicted molar refractivity (Wildman–Crippen MR) is 132 cm³/mol. The summed E-state index contributed by atoms with van der Waals surface area (Å²) >= 11 is 6.75. The first-order valence-corrected chi connectivity index (χ1v) is 13.2. The summed E-state index contributed by atoms with van der Waals surface area (Å²) in [5.74, 6) is -0.979. The number of Topliss-reactive ketones (excluding diaryl/α,β-unsaturated/α-hetero) is 1. The van der Waals surface area contributed by atoms with Crippen LogP contribution in [0.1, 0.15) is 11.1 Å². The summed E-state index contributed by atoms with van der Waals surface area (Å²) in [6.45, 7) is 0.877. The lowest BCUT2D eigenvalue weighted by atomic mass is 10.1. The molecule has 0 spiro atoms. The van der Waals surface area contributed by atoms with Gasteiger partial charge in [-0.25, -0.2) is 8.42 Å². The van der Waals surface area contributed by atoms with Crippen molar-refractivity contribution in [3.05, 3.63) is 86.6 Å². The SMILES string of the molecule is O=C(Cc1ccc(-n2ccc3cc4c(cc3c2=O)CCN4)cc1)CS(=O)(=O)c1ccc(Cl)s1. The lowest BCUT2D eigenvalue weighted by Crippen LogP contribution is -2.18. The third-order valence-electron chi connectivity index (χ3n) is 5.66. The van der Waals surface area contributed by atoms with Gasteiger partial charge in [0.05, 0.1) is 4.34 Å². The van der Waals surface area contributed by atoms with Crippen molar-refractivity contribution in [1.29, 1.82) is 0 Å². The van der Waals surface area contributed by atoms with Crippen LogP contribution in [-0.2, 0) is 27.5 Å². The topological polar surface area (TPSA) is 85.2 Å². The van der Waals surface area contributed by atoms with Gasteiger partial charge in [0.1, 0.15) is 9.96 Å². The molecule has 1 aliphatic rings. The Hall–Kier alpha value is -2.94. The molecule has 2 aromatic heterocycles. The molecule has 0 radical (unpaired) electrons. The molecule has 0 fully saturated rings. The number of anilines is 1. The fraction of sp³-hybridized carbons (Fsp3) is 0.167. The number of hydrogen-bond donors (Lipinski definition) is 1. The van der Waals surface area contributed by atoms with E-state index in [4.69, 9.17) is 11.6 Å². The molecule has 168 valence electrons. The van der Waals surface area contributed by atoms with Gasteiger partial charge < -0.3 is 5.32 Å². The molecule has 0 saturated heterocycles. The predicted octanol–water partition coefficient (Wildman–Crippen LogP) is 4.26. The Balaban J connectivity index is 1.35. The third-order valence-corrected chi connectivity index (χ3v) is 9.15. The molecule has 5 rings (SSSR count). The van der Waals surface area contributed by atoms with Gasteiger partial charge in [-0.05, 0) is 65.4 Å². The maximum atomic E-state index is 13.1. The highest BCUT2D eigenvalue weighted by molar-refractivity contribution is 7.94. The van der Waals surface area contributed by atoms with E-state index in [-0.39, 0.29) is 16.2 Å². The summed E-state index contributed by atoms with van der Waals surface area (Å²) in [5, 5.41) is 4.88. The molecule has 0 saturated carbocycles. The highest BCUT2D eigenvalue weighted by Gasteiger charge is 2.21. The highest BCUT2D eigenvalue weighted by Crippen LogP contribution is 2.28. The zero-order valence-corrected chi connectivity index (χ0v) is 19.8. The lowest BCUT2D eigenvalue weighted by molar-refractivity contribution is -0.116. The van der Waals surface area contributed by atoms with E-state index >= 15 is 0 Å². The molecule has 0 unspecified atom stereocenters. The maximum absolute atomic E-state index is 13.1. The summed E-state index contributed by atoms with van der Waals surface area (Å²) in [4.78, 5) is 25.5. The minimum atomic E-state index is -3.71. The molecule has 6 nitrogen and oxygen atoms in total. The first kappa shape index (κ1) is 21.9. The number of sulfone groups is 1. The number of carbonyl (C=O) groups excluding carboxylic acids is 1. The number of hydrogen-bond acceptors (Lipinski definition) is 6. The maximum Gasteiger partial charge on any atom is 0.262 e. The zero-order valence-electron chi connectivity index (χ0n) is 17.4. The Labute approximate surface area is 199 Å². The molecular formula is C24H19ClN2O4S2. The van der Waals surface area contributed by atoms with Crippen LogP contribution < -0.4 is 10.9 Å². The standard InChI is InChI=1S/C24H19ClN2O4S2/c25-22-5-6-23(32-22)33(30,31)14-19(28)11-15-1-3-18(4-2-15)27-10-8-16-13-21-17(7-9-26-21)12-20(16)24(27)29/h1-6,8,10,12-13,26H,7,9,11,14H2. The van der Waals surface area contributed by atoms with Gasteiger partial charge in [-0.2, -0.15) is 0 Å². The molecule has 4 aromatic rings. The average Bonchev–Trinajstić information content (AvgIpc) is 3.42. The van der Waals surface area contributed by atoms with Crippen molar-refractivity contribution in [2.45, 2.75) is 17.1 Å². The van der Waals surface area contributed by atoms with Crippen molar-refractivity contribution in [3.63, 3.8) is 0 Å². The zero-order chi connectivity index (χ0) is 23.2. The van der Waals surface area contributed by atoms with Gasteiger partial charge in [-0.1, -0.05) is 23.7 Å². The number of ketones is 1. The second-order valence-electron chi connectivity index (χ2n) is 7.96. The van der Waals surface area contributed by atoms with E-state index in [1.54, 1.807) is 35.0 Å². The first-order valence-electron chi connectivity index (χ1n) is 10.3. The van der Waals surface area contributed by atoms with E-state index in [0.717, 1.165) is 40.9 Å². The minimum absolute atomic E-state index is 0.00955. The number of nitrogens with one attached hydrogen (secondary N) is 1. The summed E-state index contributed by atoms with van der Waals surface area (Å²) in [6, 6.07) is 15.8. The fourth-order valence-electron chi connectivity index (χ4n) is 4.04. The van der Waals surface area contributed by atoms with Gasteiger partial charge in [0.25, 0.3) is 5.56 Å². The number of fused-ring (bicyclic) bond motifs is 2. The second kappa shape index (κ2) is 8.44. The summed E-state index contributed by atoms with van der Waals surface area (Å²) in [7, 11) is -3.71. The van der Waals surface area contributed by atoms with Crippen LogP contribution in [0.5, 0.6) is 0 Å². The van der Waals surface area contributed by atoms with Crippen LogP contribution >= 0.6 is 22.9 Å². The number of aromatic nitrogens is 1. The summed E-state index contributed by atoms with van der Waals surface area (Å²) < 4.78 is 26.8. The lowest BCUT2D eigenvalue weighted by Gasteiger charge is -2.10. The Bertz CT molecular complexity index is 1550. The highest BCUT2D eigenvalue weighted by atomic mass is 35.5. The van der Waals surface area contributed by atoms with Crippen molar-refractivity contribution < 1.29 is 13.2 Å². The fourth-order valence-corrected chi connectivity index (χ4v) is 6.86. The smallest absolute Gasteiger partial charge is 0.262 e. The molecule has 33 heavy (non-hydrogen) atoms. The molecule has 1 aliphatic heterocycles. The largest absolute Gasteiger partial charge is 0.384 e. The molecule has 3 heterocycles. The van der Waals surface area contributed by atoms with Crippen LogP contribution in [0.2, 0.25) is 4.34 Å². The van der Waals surface area contributed by atoms with E-state index < -0.39 is 21.4 Å². The van der Waals surface area contributed by atoms with Gasteiger partial charge in [0, 0.05) is 35.9 Å². The van der Waals surface area contributed by atoms with Crippen LogP contribution in [0.25, 0.3) is 16.5 Å². The molecule has 0 bridgehead atoms. The van der Waals surface area contributed by atoms with Crippen LogP contribution in [-0.4, -0.2) is 31.1 Å².